The Kier molecular flexibility index (Phi) is 10.9. The van der Waals surface area contributed by atoms with E-state index >= 15 is 0 Å². The van der Waals surface area contributed by atoms with Gasteiger partial charge in [-0.25, -0.2) is 0 Å². The molecule has 3 rings (SSSR count). The molecule has 37 heavy (non-hydrogen) atoms. The lowest BCUT2D eigenvalue weighted by atomic mass is 9.92. The van der Waals surface area contributed by atoms with Gasteiger partial charge in [-0.15, -0.1) is 0 Å². The zero-order valence-corrected chi connectivity index (χ0v) is 25.9. The second-order valence-electron chi connectivity index (χ2n) is 11.5. The van der Waals surface area contributed by atoms with E-state index in [0.29, 0.717) is 23.7 Å². The van der Waals surface area contributed by atoms with E-state index in [1.807, 2.05) is 0 Å². The van der Waals surface area contributed by atoms with Crippen molar-refractivity contribution in [1.82, 2.24) is 4.57 Å². The van der Waals surface area contributed by atoms with E-state index in [2.05, 4.69) is 129 Å². The van der Waals surface area contributed by atoms with Gasteiger partial charge in [-0.05, 0) is 36.5 Å². The molecule has 0 aliphatic carbocycles. The van der Waals surface area contributed by atoms with E-state index in [1.54, 1.807) is 0 Å². The fourth-order valence-electron chi connectivity index (χ4n) is 5.12. The number of ether oxygens (including phenoxy) is 1. The highest BCUT2D eigenvalue weighted by atomic mass is 79.9. The molecule has 0 amide bonds. The summed E-state index contributed by atoms with van der Waals surface area (Å²) in [4.78, 5) is 0. The molecule has 1 heterocycles. The summed E-state index contributed by atoms with van der Waals surface area (Å²) in [5.74, 6) is 2.60. The first-order valence-electron chi connectivity index (χ1n) is 14.3. The number of alkyl halides is 1. The summed E-state index contributed by atoms with van der Waals surface area (Å²) < 4.78 is 11.2. The summed E-state index contributed by atoms with van der Waals surface area (Å²) in [7, 11) is 0. The summed E-state index contributed by atoms with van der Waals surface area (Å²) in [5, 5.41) is 1.08. The van der Waals surface area contributed by atoms with Gasteiger partial charge in [-0.1, -0.05) is 121 Å². The fourth-order valence-corrected chi connectivity index (χ4v) is 5.52. The van der Waals surface area contributed by atoms with Crippen LogP contribution in [0, 0.1) is 0 Å². The number of imidazole rings is 1. The minimum Gasteiger partial charge on any atom is -0.459 e. The van der Waals surface area contributed by atoms with Crippen molar-refractivity contribution in [3.05, 3.63) is 71.2 Å². The number of nitrogens with zero attached hydrogens (tertiary/aromatic N) is 2. The highest BCUT2D eigenvalue weighted by Crippen LogP contribution is 2.35. The van der Waals surface area contributed by atoms with E-state index < -0.39 is 0 Å². The van der Waals surface area contributed by atoms with Crippen LogP contribution in [-0.2, 0) is 0 Å². The Hall–Kier alpha value is -2.07. The van der Waals surface area contributed by atoms with Crippen molar-refractivity contribution in [3.8, 4) is 17.3 Å². The van der Waals surface area contributed by atoms with Crippen molar-refractivity contribution in [2.45, 2.75) is 105 Å². The van der Waals surface area contributed by atoms with Crippen molar-refractivity contribution in [1.29, 1.82) is 0 Å². The Morgan fingerprint density at radius 1 is 0.703 bits per heavy atom. The molecule has 0 saturated carbocycles. The first-order valence-corrected chi connectivity index (χ1v) is 15.4. The summed E-state index contributed by atoms with van der Waals surface area (Å²) in [6, 6.07) is 13.5. The Bertz CT molecular complexity index is 1090. The number of hydrogen-bond acceptors (Lipinski definition) is 1. The van der Waals surface area contributed by atoms with Crippen LogP contribution >= 0.6 is 15.9 Å². The Labute approximate surface area is 234 Å². The van der Waals surface area contributed by atoms with Crippen LogP contribution in [0.1, 0.15) is 127 Å². The maximum Gasteiger partial charge on any atom is 0.330 e. The SMILES string of the molecule is CC(C)c1cccc(C(C)C)c1-n1c[n+](-c2c(C(C)C)cccc2C(C)C)cc1OCCCCCCBr. The maximum atomic E-state index is 6.57. The molecule has 0 unspecified atom stereocenters. The standard InChI is InChI=1S/C33H48BrN2O/c1-23(2)27-15-13-16-28(24(3)4)32(27)35-21-31(37-20-12-10-9-11-19-34)36(22-35)33-29(25(5)6)17-14-18-30(33)26(7)8/h13-18,21-26H,9-12,19-20H2,1-8H3/q+1. The van der Waals surface area contributed by atoms with Crippen molar-refractivity contribution in [3.63, 3.8) is 0 Å². The van der Waals surface area contributed by atoms with Gasteiger partial charge < -0.3 is 4.74 Å². The molecule has 0 aliphatic heterocycles. The lowest BCUT2D eigenvalue weighted by molar-refractivity contribution is -0.596. The molecule has 4 heteroatoms. The molecule has 0 spiro atoms. The number of unbranched alkanes of at least 4 members (excludes halogenated alkanes) is 3. The Morgan fingerprint density at radius 2 is 1.19 bits per heavy atom. The minimum absolute atomic E-state index is 0.413. The molecule has 2 aromatic carbocycles. The van der Waals surface area contributed by atoms with Gasteiger partial charge in [0.15, 0.2) is 6.20 Å². The third kappa shape index (κ3) is 7.07. The van der Waals surface area contributed by atoms with Crippen LogP contribution in [0.15, 0.2) is 48.9 Å². The zero-order valence-electron chi connectivity index (χ0n) is 24.4. The molecule has 0 fully saturated rings. The quantitative estimate of drug-likeness (QED) is 0.114. The number of para-hydroxylation sites is 2. The summed E-state index contributed by atoms with van der Waals surface area (Å²) in [6.45, 7) is 19.0. The van der Waals surface area contributed by atoms with E-state index in [4.69, 9.17) is 4.74 Å². The third-order valence-electron chi connectivity index (χ3n) is 7.19. The predicted molar refractivity (Wildman–Crippen MR) is 161 cm³/mol. The zero-order chi connectivity index (χ0) is 27.1. The number of aromatic nitrogens is 2. The molecular weight excluding hydrogens is 520 g/mol. The third-order valence-corrected chi connectivity index (χ3v) is 7.75. The average Bonchev–Trinajstić information content (AvgIpc) is 3.28. The van der Waals surface area contributed by atoms with Gasteiger partial charge in [0.1, 0.15) is 11.4 Å². The van der Waals surface area contributed by atoms with Gasteiger partial charge in [0, 0.05) is 27.6 Å². The second-order valence-corrected chi connectivity index (χ2v) is 12.3. The molecular formula is C33H48BrN2O+. The molecule has 0 aliphatic rings. The molecule has 0 radical (unpaired) electrons. The lowest BCUT2D eigenvalue weighted by Gasteiger charge is -2.17. The summed E-state index contributed by atoms with van der Waals surface area (Å²) in [6.07, 6.45) is 9.20. The smallest absolute Gasteiger partial charge is 0.330 e. The summed E-state index contributed by atoms with van der Waals surface area (Å²) in [5.41, 5.74) is 8.02. The highest BCUT2D eigenvalue weighted by Gasteiger charge is 2.28. The van der Waals surface area contributed by atoms with Crippen molar-refractivity contribution in [2.24, 2.45) is 0 Å². The van der Waals surface area contributed by atoms with Gasteiger partial charge in [0.25, 0.3) is 6.33 Å². The van der Waals surface area contributed by atoms with E-state index in [1.165, 1.54) is 52.9 Å². The van der Waals surface area contributed by atoms with Crippen molar-refractivity contribution in [2.75, 3.05) is 11.9 Å². The molecule has 0 bridgehead atoms. The van der Waals surface area contributed by atoms with Crippen LogP contribution in [0.5, 0.6) is 5.88 Å². The molecule has 0 N–H and O–H groups in total. The van der Waals surface area contributed by atoms with E-state index in [9.17, 15) is 0 Å². The monoisotopic (exact) mass is 567 g/mol. The first-order chi connectivity index (χ1) is 17.7. The molecule has 3 nitrogen and oxygen atoms in total. The highest BCUT2D eigenvalue weighted by molar-refractivity contribution is 9.09. The average molecular weight is 569 g/mol. The van der Waals surface area contributed by atoms with Crippen LogP contribution in [0.2, 0.25) is 0 Å². The molecule has 202 valence electrons. The molecule has 3 aromatic rings. The number of hydrogen-bond donors (Lipinski definition) is 0. The fraction of sp³-hybridized carbons (Fsp3) is 0.545. The normalized spacial score (nSPS) is 11.9. The molecule has 0 saturated heterocycles. The van der Waals surface area contributed by atoms with Gasteiger partial charge in [-0.2, -0.15) is 9.13 Å². The van der Waals surface area contributed by atoms with Crippen LogP contribution in [-0.4, -0.2) is 16.5 Å². The lowest BCUT2D eigenvalue weighted by Crippen LogP contribution is -2.32. The predicted octanol–water partition coefficient (Wildman–Crippen LogP) is 9.58. The van der Waals surface area contributed by atoms with Crippen LogP contribution in [0.4, 0.5) is 0 Å². The number of benzene rings is 2. The number of rotatable bonds is 13. The van der Waals surface area contributed by atoms with Gasteiger partial charge >= 0.3 is 5.88 Å². The van der Waals surface area contributed by atoms with Crippen LogP contribution in [0.25, 0.3) is 11.4 Å². The minimum atomic E-state index is 0.413. The largest absolute Gasteiger partial charge is 0.459 e. The van der Waals surface area contributed by atoms with Gasteiger partial charge in [0.05, 0.1) is 6.61 Å². The topological polar surface area (TPSA) is 18.0 Å². The second kappa shape index (κ2) is 13.6. The maximum absolute atomic E-state index is 6.57. The molecule has 0 atom stereocenters. The molecule has 1 aromatic heterocycles. The summed E-state index contributed by atoms with van der Waals surface area (Å²) >= 11 is 3.55. The Balaban J connectivity index is 2.20. The van der Waals surface area contributed by atoms with Gasteiger partial charge in [0.2, 0.25) is 0 Å². The van der Waals surface area contributed by atoms with E-state index in [0.717, 1.165) is 24.2 Å². The first kappa shape index (κ1) is 29.5. The van der Waals surface area contributed by atoms with E-state index in [-0.39, 0.29) is 0 Å². The van der Waals surface area contributed by atoms with Crippen LogP contribution in [0.3, 0.4) is 0 Å². The van der Waals surface area contributed by atoms with Crippen molar-refractivity contribution < 1.29 is 9.30 Å². The van der Waals surface area contributed by atoms with Crippen molar-refractivity contribution >= 4 is 15.9 Å². The Morgan fingerprint density at radius 3 is 1.68 bits per heavy atom. The van der Waals surface area contributed by atoms with Crippen LogP contribution < -0.4 is 9.30 Å². The van der Waals surface area contributed by atoms with Gasteiger partial charge in [-0.3, -0.25) is 0 Å². The number of halogens is 1.